The molecule has 2 aromatic heterocycles. The van der Waals surface area contributed by atoms with Gasteiger partial charge in [-0.3, -0.25) is 19.6 Å². The minimum Gasteiger partial charge on any atom is -0.494 e. The van der Waals surface area contributed by atoms with E-state index in [1.54, 1.807) is 24.1 Å². The highest BCUT2D eigenvalue weighted by Gasteiger charge is 2.25. The SMILES string of the molecule is COc1ccc(Cl)c2sc(N(CCCN3CCOCC3)C(=O)c3cnc4ccccc4n3)nc12.Cl. The fraction of sp³-hybridized carbons (Fsp3) is 0.333. The monoisotopic (exact) mass is 533 g/mol. The van der Waals surface area contributed by atoms with Crippen molar-refractivity contribution in [1.29, 1.82) is 0 Å². The van der Waals surface area contributed by atoms with Crippen LogP contribution in [0, 0.1) is 0 Å². The highest BCUT2D eigenvalue weighted by molar-refractivity contribution is 7.23. The van der Waals surface area contributed by atoms with Crippen molar-refractivity contribution in [2.45, 2.75) is 6.42 Å². The second-order valence-electron chi connectivity index (χ2n) is 7.93. The normalized spacial score (nSPS) is 14.1. The van der Waals surface area contributed by atoms with Gasteiger partial charge in [0.05, 0.1) is 47.3 Å². The lowest BCUT2D eigenvalue weighted by Gasteiger charge is -2.27. The number of benzene rings is 2. The van der Waals surface area contributed by atoms with Crippen LogP contribution in [0.3, 0.4) is 0 Å². The largest absolute Gasteiger partial charge is 0.494 e. The third kappa shape index (κ3) is 5.49. The molecule has 0 atom stereocenters. The Morgan fingerprint density at radius 1 is 1.17 bits per heavy atom. The first kappa shape index (κ1) is 25.5. The van der Waals surface area contributed by atoms with Crippen LogP contribution >= 0.6 is 35.3 Å². The van der Waals surface area contributed by atoms with E-state index in [0.29, 0.717) is 33.5 Å². The van der Waals surface area contributed by atoms with Crippen LogP contribution in [0.5, 0.6) is 5.75 Å². The maximum atomic E-state index is 13.7. The Morgan fingerprint density at radius 2 is 1.94 bits per heavy atom. The lowest BCUT2D eigenvalue weighted by molar-refractivity contribution is 0.0376. The molecule has 4 aromatic rings. The lowest BCUT2D eigenvalue weighted by Crippen LogP contribution is -2.39. The zero-order valence-corrected chi connectivity index (χ0v) is 21.5. The van der Waals surface area contributed by atoms with Crippen molar-refractivity contribution in [2.24, 2.45) is 0 Å². The van der Waals surface area contributed by atoms with Gasteiger partial charge in [-0.2, -0.15) is 0 Å². The predicted molar refractivity (Wildman–Crippen MR) is 142 cm³/mol. The van der Waals surface area contributed by atoms with Crippen molar-refractivity contribution >= 4 is 67.6 Å². The minimum absolute atomic E-state index is 0. The summed E-state index contributed by atoms with van der Waals surface area (Å²) in [7, 11) is 1.59. The molecule has 0 saturated carbocycles. The molecule has 0 unspecified atom stereocenters. The average Bonchev–Trinajstić information content (AvgIpc) is 3.33. The Balaban J connectivity index is 0.00000289. The fourth-order valence-electron chi connectivity index (χ4n) is 3.98. The van der Waals surface area contributed by atoms with Crippen molar-refractivity contribution in [1.82, 2.24) is 19.9 Å². The number of carbonyl (C=O) groups is 1. The van der Waals surface area contributed by atoms with Crippen LogP contribution < -0.4 is 9.64 Å². The summed E-state index contributed by atoms with van der Waals surface area (Å²) in [6.45, 7) is 4.64. The van der Waals surface area contributed by atoms with Crippen molar-refractivity contribution in [2.75, 3.05) is 51.4 Å². The Labute approximate surface area is 218 Å². The van der Waals surface area contributed by atoms with Crippen LogP contribution in [0.25, 0.3) is 21.3 Å². The van der Waals surface area contributed by atoms with E-state index in [1.807, 2.05) is 24.3 Å². The molecule has 1 fully saturated rings. The second-order valence-corrected chi connectivity index (χ2v) is 9.32. The van der Waals surface area contributed by atoms with E-state index in [2.05, 4.69) is 14.9 Å². The molecule has 0 radical (unpaired) electrons. The number of morpholine rings is 1. The van der Waals surface area contributed by atoms with Gasteiger partial charge in [-0.05, 0) is 30.7 Å². The van der Waals surface area contributed by atoms with Gasteiger partial charge < -0.3 is 9.47 Å². The zero-order valence-electron chi connectivity index (χ0n) is 19.1. The number of halogens is 2. The Hall–Kier alpha value is -2.56. The molecular formula is C24H25Cl2N5O3S. The predicted octanol–water partition coefficient (Wildman–Crippen LogP) is 4.69. The van der Waals surface area contributed by atoms with Crippen molar-refractivity contribution in [3.8, 4) is 5.75 Å². The van der Waals surface area contributed by atoms with E-state index in [-0.39, 0.29) is 24.0 Å². The number of rotatable bonds is 7. The molecule has 0 aliphatic carbocycles. The first-order valence-electron chi connectivity index (χ1n) is 11.1. The van der Waals surface area contributed by atoms with Crippen molar-refractivity contribution < 1.29 is 14.3 Å². The Kier molecular flexibility index (Phi) is 8.35. The maximum absolute atomic E-state index is 13.7. The van der Waals surface area contributed by atoms with E-state index >= 15 is 0 Å². The van der Waals surface area contributed by atoms with Gasteiger partial charge in [-0.25, -0.2) is 9.97 Å². The number of nitrogens with zero attached hydrogens (tertiary/aromatic N) is 5. The third-order valence-corrected chi connectivity index (χ3v) is 7.31. The van der Waals surface area contributed by atoms with Crippen LogP contribution in [0.1, 0.15) is 16.9 Å². The van der Waals surface area contributed by atoms with E-state index in [1.165, 1.54) is 17.5 Å². The molecule has 3 heterocycles. The average molecular weight is 534 g/mol. The van der Waals surface area contributed by atoms with Crippen molar-refractivity contribution in [3.63, 3.8) is 0 Å². The molecule has 11 heteroatoms. The maximum Gasteiger partial charge on any atom is 0.280 e. The summed E-state index contributed by atoms with van der Waals surface area (Å²) in [6, 6.07) is 11.1. The molecule has 1 saturated heterocycles. The van der Waals surface area contributed by atoms with E-state index < -0.39 is 0 Å². The number of ether oxygens (including phenoxy) is 2. The third-order valence-electron chi connectivity index (χ3n) is 5.77. The molecule has 0 spiro atoms. The molecule has 2 aromatic carbocycles. The molecule has 1 aliphatic rings. The van der Waals surface area contributed by atoms with E-state index in [9.17, 15) is 4.79 Å². The summed E-state index contributed by atoms with van der Waals surface area (Å²) in [5.41, 5.74) is 2.35. The highest BCUT2D eigenvalue weighted by atomic mass is 35.5. The van der Waals surface area contributed by atoms with Crippen LogP contribution in [-0.4, -0.2) is 72.3 Å². The first-order chi connectivity index (χ1) is 16.6. The van der Waals surface area contributed by atoms with Crippen LogP contribution in [-0.2, 0) is 4.74 Å². The van der Waals surface area contributed by atoms with Crippen molar-refractivity contribution in [3.05, 3.63) is 53.3 Å². The van der Waals surface area contributed by atoms with E-state index in [0.717, 1.165) is 49.5 Å². The molecule has 5 rings (SSSR count). The number of hydrogen-bond acceptors (Lipinski definition) is 8. The smallest absolute Gasteiger partial charge is 0.280 e. The molecule has 35 heavy (non-hydrogen) atoms. The quantitative estimate of drug-likeness (QED) is 0.340. The molecular weight excluding hydrogens is 509 g/mol. The van der Waals surface area contributed by atoms with Gasteiger partial charge >= 0.3 is 0 Å². The number of para-hydroxylation sites is 2. The first-order valence-corrected chi connectivity index (χ1v) is 12.3. The van der Waals surface area contributed by atoms with Gasteiger partial charge in [-0.1, -0.05) is 35.1 Å². The van der Waals surface area contributed by atoms with Crippen LogP contribution in [0.2, 0.25) is 5.02 Å². The topological polar surface area (TPSA) is 80.7 Å². The fourth-order valence-corrected chi connectivity index (χ4v) is 5.26. The summed E-state index contributed by atoms with van der Waals surface area (Å²) in [5.74, 6) is 0.377. The molecule has 1 aliphatic heterocycles. The zero-order chi connectivity index (χ0) is 23.5. The van der Waals surface area contributed by atoms with Crippen LogP contribution in [0.15, 0.2) is 42.6 Å². The summed E-state index contributed by atoms with van der Waals surface area (Å²) >= 11 is 7.82. The standard InChI is InChI=1S/C24H24ClN5O3S.ClH/c1-32-20-8-7-16(25)22-21(20)28-24(34-22)30(10-4-9-29-11-13-33-14-12-29)23(31)19-15-26-17-5-2-3-6-18(17)27-19;/h2-3,5-8,15H,4,9-14H2,1H3;1H. The highest BCUT2D eigenvalue weighted by Crippen LogP contribution is 2.39. The second kappa shape index (κ2) is 11.5. The van der Waals surface area contributed by atoms with Gasteiger partial charge in [-0.15, -0.1) is 12.4 Å². The number of carbonyl (C=O) groups excluding carboxylic acids is 1. The van der Waals surface area contributed by atoms with Crippen LogP contribution in [0.4, 0.5) is 5.13 Å². The number of anilines is 1. The Morgan fingerprint density at radius 3 is 2.71 bits per heavy atom. The Bertz CT molecular complexity index is 1330. The number of methoxy groups -OCH3 is 1. The number of aromatic nitrogens is 3. The van der Waals surface area contributed by atoms with E-state index in [4.69, 9.17) is 26.1 Å². The summed E-state index contributed by atoms with van der Waals surface area (Å²) in [4.78, 5) is 31.5. The van der Waals surface area contributed by atoms with Gasteiger partial charge in [0.1, 0.15) is 17.0 Å². The number of hydrogen-bond donors (Lipinski definition) is 0. The minimum atomic E-state index is -0.241. The molecule has 184 valence electrons. The summed E-state index contributed by atoms with van der Waals surface area (Å²) < 4.78 is 11.7. The lowest BCUT2D eigenvalue weighted by atomic mass is 10.2. The number of thiazole rings is 1. The number of amides is 1. The molecule has 1 amide bonds. The molecule has 0 N–H and O–H groups in total. The van der Waals surface area contributed by atoms with Gasteiger partial charge in [0.25, 0.3) is 5.91 Å². The summed E-state index contributed by atoms with van der Waals surface area (Å²) in [5, 5.41) is 1.13. The van der Waals surface area contributed by atoms with Gasteiger partial charge in [0, 0.05) is 26.2 Å². The molecule has 0 bridgehead atoms. The van der Waals surface area contributed by atoms with Gasteiger partial charge in [0.2, 0.25) is 0 Å². The van der Waals surface area contributed by atoms with Gasteiger partial charge in [0.15, 0.2) is 5.13 Å². The molecule has 8 nitrogen and oxygen atoms in total. The summed E-state index contributed by atoms with van der Waals surface area (Å²) in [6.07, 6.45) is 2.31. The number of fused-ring (bicyclic) bond motifs is 2.